The molecule has 3 rings (SSSR count). The van der Waals surface area contributed by atoms with Crippen molar-refractivity contribution in [3.8, 4) is 0 Å². The lowest BCUT2D eigenvalue weighted by atomic mass is 9.81. The van der Waals surface area contributed by atoms with Crippen LogP contribution >= 0.6 is 11.8 Å². The van der Waals surface area contributed by atoms with E-state index in [4.69, 9.17) is 14.0 Å². The zero-order valence-electron chi connectivity index (χ0n) is 21.5. The molecule has 0 aromatic carbocycles. The second-order valence-corrected chi connectivity index (χ2v) is 12.2. The number of carbonyl (C=O) groups is 2. The van der Waals surface area contributed by atoms with Gasteiger partial charge >= 0.3 is 13.2 Å². The maximum absolute atomic E-state index is 12.9. The molecule has 1 N–H and O–H groups in total. The standard InChI is InChI=1S/C23H37BN4O5S/c1-15(27-20(30)31-21(2,3)4)18(29)28-11-9-10-17(14-28)34-19-25-12-16(13-26-19)24-32-22(5,6)23(7,8)33-24/h12-13,15,17H,9-11,14H2,1-8H3,(H,27,30)/t15-,17+/m0/s1. The van der Waals surface area contributed by atoms with Crippen molar-refractivity contribution in [1.82, 2.24) is 20.2 Å². The van der Waals surface area contributed by atoms with Crippen LogP contribution in [-0.2, 0) is 18.8 Å². The molecule has 0 bridgehead atoms. The summed E-state index contributed by atoms with van der Waals surface area (Å²) in [4.78, 5) is 35.7. The monoisotopic (exact) mass is 492 g/mol. The summed E-state index contributed by atoms with van der Waals surface area (Å²) in [6, 6.07) is -0.658. The third kappa shape index (κ3) is 6.63. The molecular weight excluding hydrogens is 455 g/mol. The van der Waals surface area contributed by atoms with E-state index in [0.717, 1.165) is 18.3 Å². The lowest BCUT2D eigenvalue weighted by molar-refractivity contribution is -0.133. The van der Waals surface area contributed by atoms with Crippen LogP contribution in [0.4, 0.5) is 4.79 Å². The molecule has 2 saturated heterocycles. The number of aromatic nitrogens is 2. The average Bonchev–Trinajstić information content (AvgIpc) is 2.93. The van der Waals surface area contributed by atoms with Crippen molar-refractivity contribution in [2.45, 2.75) is 101 Å². The Balaban J connectivity index is 1.54. The number of rotatable bonds is 5. The summed E-state index contributed by atoms with van der Waals surface area (Å²) >= 11 is 1.56. The van der Waals surface area contributed by atoms with E-state index in [1.165, 1.54) is 0 Å². The highest BCUT2D eigenvalue weighted by Gasteiger charge is 2.52. The lowest BCUT2D eigenvalue weighted by Crippen LogP contribution is -2.51. The SMILES string of the molecule is C[C@H](NC(=O)OC(C)(C)C)C(=O)N1CCC[C@@H](Sc2ncc(B3OC(C)(C)C(C)(C)O3)cn2)C1. The second kappa shape index (κ2) is 10.0. The summed E-state index contributed by atoms with van der Waals surface area (Å²) in [6.07, 6.45) is 4.75. The van der Waals surface area contributed by atoms with Crippen LogP contribution in [-0.4, -0.2) is 75.2 Å². The number of thioether (sulfide) groups is 1. The maximum Gasteiger partial charge on any atom is 0.498 e. The normalized spacial score (nSPS) is 22.9. The molecule has 0 spiro atoms. The van der Waals surface area contributed by atoms with Gasteiger partial charge in [-0.2, -0.15) is 0 Å². The average molecular weight is 492 g/mol. The van der Waals surface area contributed by atoms with Crippen molar-refractivity contribution in [3.63, 3.8) is 0 Å². The zero-order valence-corrected chi connectivity index (χ0v) is 22.3. The zero-order chi connectivity index (χ0) is 25.3. The molecule has 0 saturated carbocycles. The number of ether oxygens (including phenoxy) is 1. The maximum atomic E-state index is 12.9. The number of alkyl carbamates (subject to hydrolysis) is 1. The summed E-state index contributed by atoms with van der Waals surface area (Å²) in [6.45, 7) is 16.3. The Morgan fingerprint density at radius 1 is 1.21 bits per heavy atom. The molecule has 2 atom stereocenters. The van der Waals surface area contributed by atoms with Crippen LogP contribution in [0.1, 0.15) is 68.2 Å². The Bertz CT molecular complexity index is 874. The molecule has 2 aliphatic heterocycles. The quantitative estimate of drug-likeness (QED) is 0.495. The fourth-order valence-electron chi connectivity index (χ4n) is 3.69. The minimum absolute atomic E-state index is 0.117. The van der Waals surface area contributed by atoms with E-state index < -0.39 is 36.1 Å². The smallest absolute Gasteiger partial charge is 0.444 e. The molecule has 11 heteroatoms. The van der Waals surface area contributed by atoms with Gasteiger partial charge in [0.15, 0.2) is 5.16 Å². The van der Waals surface area contributed by atoms with Crippen LogP contribution in [0.2, 0.25) is 0 Å². The molecule has 34 heavy (non-hydrogen) atoms. The van der Waals surface area contributed by atoms with Crippen LogP contribution in [0.3, 0.4) is 0 Å². The van der Waals surface area contributed by atoms with Gasteiger partial charge in [-0.05, 0) is 68.2 Å². The van der Waals surface area contributed by atoms with Gasteiger partial charge in [0.2, 0.25) is 5.91 Å². The van der Waals surface area contributed by atoms with Gasteiger partial charge in [0.25, 0.3) is 0 Å². The van der Waals surface area contributed by atoms with Crippen molar-refractivity contribution in [3.05, 3.63) is 12.4 Å². The van der Waals surface area contributed by atoms with Crippen molar-refractivity contribution < 1.29 is 23.6 Å². The summed E-state index contributed by atoms with van der Waals surface area (Å²) in [5, 5.41) is 3.46. The molecule has 1 aromatic rings. The molecule has 2 amide bonds. The van der Waals surface area contributed by atoms with E-state index in [1.54, 1.807) is 56.8 Å². The Morgan fingerprint density at radius 2 is 1.79 bits per heavy atom. The highest BCUT2D eigenvalue weighted by atomic mass is 32.2. The molecule has 2 aliphatic rings. The number of nitrogens with zero attached hydrogens (tertiary/aromatic N) is 3. The predicted molar refractivity (Wildman–Crippen MR) is 132 cm³/mol. The number of hydrogen-bond donors (Lipinski definition) is 1. The number of carbonyl (C=O) groups excluding carboxylic acids is 2. The van der Waals surface area contributed by atoms with Crippen molar-refractivity contribution >= 4 is 36.3 Å². The van der Waals surface area contributed by atoms with E-state index in [2.05, 4.69) is 15.3 Å². The Morgan fingerprint density at radius 3 is 2.35 bits per heavy atom. The van der Waals surface area contributed by atoms with Crippen LogP contribution in [0.15, 0.2) is 17.6 Å². The largest absolute Gasteiger partial charge is 0.498 e. The Hall–Kier alpha value is -1.85. The molecule has 1 aromatic heterocycles. The summed E-state index contributed by atoms with van der Waals surface area (Å²) in [5.41, 5.74) is -0.667. The van der Waals surface area contributed by atoms with Gasteiger partial charge in [-0.15, -0.1) is 0 Å². The topological polar surface area (TPSA) is 103 Å². The van der Waals surface area contributed by atoms with Gasteiger partial charge < -0.3 is 24.3 Å². The van der Waals surface area contributed by atoms with Crippen LogP contribution < -0.4 is 10.8 Å². The highest BCUT2D eigenvalue weighted by molar-refractivity contribution is 7.99. The number of piperidine rings is 1. The number of hydrogen-bond acceptors (Lipinski definition) is 8. The van der Waals surface area contributed by atoms with Crippen LogP contribution in [0.25, 0.3) is 0 Å². The first-order valence-electron chi connectivity index (χ1n) is 11.8. The minimum atomic E-state index is -0.658. The number of amides is 2. The lowest BCUT2D eigenvalue weighted by Gasteiger charge is -2.34. The summed E-state index contributed by atoms with van der Waals surface area (Å²) in [5.74, 6) is -0.117. The second-order valence-electron chi connectivity index (χ2n) is 10.9. The van der Waals surface area contributed by atoms with Crippen molar-refractivity contribution in [1.29, 1.82) is 0 Å². The Kier molecular flexibility index (Phi) is 7.89. The fraction of sp³-hybridized carbons (Fsp3) is 0.739. The van der Waals surface area contributed by atoms with Gasteiger partial charge in [0.05, 0.1) is 11.2 Å². The van der Waals surface area contributed by atoms with Gasteiger partial charge in [0.1, 0.15) is 11.6 Å². The number of nitrogens with one attached hydrogen (secondary N) is 1. The Labute approximate surface area is 207 Å². The molecule has 0 aliphatic carbocycles. The van der Waals surface area contributed by atoms with E-state index in [-0.39, 0.29) is 11.2 Å². The highest BCUT2D eigenvalue weighted by Crippen LogP contribution is 2.36. The van der Waals surface area contributed by atoms with E-state index in [0.29, 0.717) is 18.2 Å². The van der Waals surface area contributed by atoms with Gasteiger partial charge in [-0.1, -0.05) is 11.8 Å². The molecule has 9 nitrogen and oxygen atoms in total. The summed E-state index contributed by atoms with van der Waals surface area (Å²) < 4.78 is 17.4. The van der Waals surface area contributed by atoms with Gasteiger partial charge in [0, 0.05) is 36.2 Å². The fourth-order valence-corrected chi connectivity index (χ4v) is 4.76. The van der Waals surface area contributed by atoms with Crippen molar-refractivity contribution in [2.75, 3.05) is 13.1 Å². The summed E-state index contributed by atoms with van der Waals surface area (Å²) in [7, 11) is -0.495. The minimum Gasteiger partial charge on any atom is -0.444 e. The van der Waals surface area contributed by atoms with E-state index >= 15 is 0 Å². The third-order valence-corrected chi connectivity index (χ3v) is 7.38. The molecule has 3 heterocycles. The van der Waals surface area contributed by atoms with E-state index in [1.807, 2.05) is 27.7 Å². The van der Waals surface area contributed by atoms with Crippen LogP contribution in [0, 0.1) is 0 Å². The molecular formula is C23H37BN4O5S. The third-order valence-electron chi connectivity index (χ3n) is 6.24. The molecule has 188 valence electrons. The van der Waals surface area contributed by atoms with E-state index in [9.17, 15) is 9.59 Å². The van der Waals surface area contributed by atoms with Gasteiger partial charge in [-0.25, -0.2) is 14.8 Å². The van der Waals surface area contributed by atoms with Crippen molar-refractivity contribution in [2.24, 2.45) is 0 Å². The molecule has 0 radical (unpaired) electrons. The first-order valence-corrected chi connectivity index (χ1v) is 12.7. The predicted octanol–water partition coefficient (Wildman–Crippen LogP) is 2.77. The molecule has 2 fully saturated rings. The van der Waals surface area contributed by atoms with Crippen LogP contribution in [0.5, 0.6) is 0 Å². The van der Waals surface area contributed by atoms with Gasteiger partial charge in [-0.3, -0.25) is 4.79 Å². The molecule has 0 unspecified atom stereocenters. The first-order chi connectivity index (χ1) is 15.7. The number of likely N-dealkylation sites (tertiary alicyclic amines) is 1. The first kappa shape index (κ1) is 26.8.